The van der Waals surface area contributed by atoms with Crippen molar-refractivity contribution in [3.8, 4) is 5.75 Å². The predicted molar refractivity (Wildman–Crippen MR) is 78.7 cm³/mol. The first kappa shape index (κ1) is 18.4. The van der Waals surface area contributed by atoms with Gasteiger partial charge in [0, 0.05) is 25.2 Å². The van der Waals surface area contributed by atoms with Crippen molar-refractivity contribution in [2.45, 2.75) is 6.18 Å². The minimum Gasteiger partial charge on any atom is -0.448 e. The van der Waals surface area contributed by atoms with Gasteiger partial charge < -0.3 is 14.4 Å². The smallest absolute Gasteiger partial charge is 0.448 e. The van der Waals surface area contributed by atoms with Crippen molar-refractivity contribution in [2.75, 3.05) is 26.3 Å². The summed E-state index contributed by atoms with van der Waals surface area (Å²) in [5.41, 5.74) is 0. The highest BCUT2D eigenvalue weighted by Gasteiger charge is 2.42. The van der Waals surface area contributed by atoms with E-state index in [0.29, 0.717) is 0 Å². The lowest BCUT2D eigenvalue weighted by atomic mass is 10.3. The molecule has 1 aromatic rings. The first-order valence-corrected chi connectivity index (χ1v) is 7.45. The van der Waals surface area contributed by atoms with Gasteiger partial charge in [0.1, 0.15) is 5.75 Å². The molecule has 1 aromatic carbocycles. The number of allylic oxidation sites excluding steroid dienone is 1. The number of rotatable bonds is 3. The Bertz CT molecular complexity index is 593. The summed E-state index contributed by atoms with van der Waals surface area (Å²) in [6.45, 7) is 0.210. The maximum absolute atomic E-state index is 14.2. The normalized spacial score (nSPS) is 17.1. The number of nitrogens with zero attached hydrogens (tertiary/aromatic N) is 1. The summed E-state index contributed by atoms with van der Waals surface area (Å²) in [6, 6.07) is 2.04. The van der Waals surface area contributed by atoms with E-state index in [1.165, 1.54) is 0 Å². The molecule has 23 heavy (non-hydrogen) atoms. The van der Waals surface area contributed by atoms with E-state index in [9.17, 15) is 17.6 Å². The molecule has 0 aliphatic carbocycles. The molecule has 0 saturated carbocycles. The maximum Gasteiger partial charge on any atom is 0.454 e. The van der Waals surface area contributed by atoms with Crippen molar-refractivity contribution in [2.24, 2.45) is 0 Å². The van der Waals surface area contributed by atoms with Crippen LogP contribution in [-0.4, -0.2) is 37.4 Å². The molecule has 3 nitrogen and oxygen atoms in total. The van der Waals surface area contributed by atoms with Crippen LogP contribution in [0.2, 0.25) is 15.1 Å². The molecule has 0 spiro atoms. The van der Waals surface area contributed by atoms with E-state index in [-0.39, 0.29) is 47.1 Å². The highest BCUT2D eigenvalue weighted by Crippen LogP contribution is 2.38. The summed E-state index contributed by atoms with van der Waals surface area (Å²) >= 11 is 17.2. The second kappa shape index (κ2) is 7.34. The van der Waals surface area contributed by atoms with E-state index >= 15 is 0 Å². The maximum atomic E-state index is 14.2. The highest BCUT2D eigenvalue weighted by molar-refractivity contribution is 6.48. The van der Waals surface area contributed by atoms with Crippen LogP contribution in [0.1, 0.15) is 0 Å². The number of benzene rings is 1. The van der Waals surface area contributed by atoms with Gasteiger partial charge in [0.15, 0.2) is 0 Å². The van der Waals surface area contributed by atoms with Gasteiger partial charge in [-0.1, -0.05) is 34.8 Å². The number of hydrogen-bond donors (Lipinski definition) is 0. The van der Waals surface area contributed by atoms with Gasteiger partial charge in [-0.25, -0.2) is 0 Å². The monoisotopic (exact) mass is 393 g/mol. The van der Waals surface area contributed by atoms with Gasteiger partial charge in [-0.15, -0.1) is 0 Å². The van der Waals surface area contributed by atoms with Crippen LogP contribution in [0.15, 0.2) is 23.8 Å². The number of alkyl halides is 3. The van der Waals surface area contributed by atoms with Gasteiger partial charge in [0.25, 0.3) is 5.76 Å². The second-order valence-corrected chi connectivity index (χ2v) is 5.71. The summed E-state index contributed by atoms with van der Waals surface area (Å²) in [7, 11) is 0. The summed E-state index contributed by atoms with van der Waals surface area (Å²) < 4.78 is 63.2. The minimum absolute atomic E-state index is 0.0170. The standard InChI is InChI=1S/C13H10Cl3F4NO2/c14-8-5-7(6-9(15)10(8)16)23-11(13(18,19)20)12(17)21-1-3-22-4-2-21/h5-6H,1-4H2/b12-11+. The van der Waals surface area contributed by atoms with Crippen LogP contribution in [0.4, 0.5) is 17.6 Å². The Labute approximate surface area is 144 Å². The molecule has 1 heterocycles. The third kappa shape index (κ3) is 4.56. The third-order valence-electron chi connectivity index (χ3n) is 2.91. The lowest BCUT2D eigenvalue weighted by molar-refractivity contribution is -0.122. The molecular formula is C13H10Cl3F4NO2. The molecule has 2 rings (SSSR count). The van der Waals surface area contributed by atoms with Gasteiger partial charge in [0.05, 0.1) is 28.3 Å². The largest absolute Gasteiger partial charge is 0.454 e. The first-order valence-electron chi connectivity index (χ1n) is 6.32. The van der Waals surface area contributed by atoms with E-state index in [0.717, 1.165) is 17.0 Å². The van der Waals surface area contributed by atoms with Crippen LogP contribution < -0.4 is 4.74 Å². The molecule has 0 aromatic heterocycles. The van der Waals surface area contributed by atoms with Crippen LogP contribution in [0.5, 0.6) is 5.75 Å². The van der Waals surface area contributed by atoms with Crippen molar-refractivity contribution < 1.29 is 27.0 Å². The average molecular weight is 395 g/mol. The molecule has 1 aliphatic heterocycles. The molecule has 0 bridgehead atoms. The first-order chi connectivity index (χ1) is 10.7. The molecule has 0 radical (unpaired) electrons. The van der Waals surface area contributed by atoms with Crippen LogP contribution in [0.25, 0.3) is 0 Å². The van der Waals surface area contributed by atoms with Gasteiger partial charge in [-0.2, -0.15) is 17.6 Å². The lowest BCUT2D eigenvalue weighted by Gasteiger charge is -2.28. The Kier molecular flexibility index (Phi) is 5.89. The van der Waals surface area contributed by atoms with E-state index < -0.39 is 17.9 Å². The van der Waals surface area contributed by atoms with Gasteiger partial charge in [-0.3, -0.25) is 0 Å². The van der Waals surface area contributed by atoms with Crippen molar-refractivity contribution in [1.29, 1.82) is 0 Å². The molecule has 0 N–H and O–H groups in total. The van der Waals surface area contributed by atoms with Crippen molar-refractivity contribution >= 4 is 34.8 Å². The summed E-state index contributed by atoms with van der Waals surface area (Å²) in [5, 5.41) is -0.253. The number of ether oxygens (including phenoxy) is 2. The minimum atomic E-state index is -5.04. The number of morpholine rings is 1. The zero-order valence-electron chi connectivity index (χ0n) is 11.4. The fourth-order valence-corrected chi connectivity index (χ4v) is 2.41. The Morgan fingerprint density at radius 2 is 1.61 bits per heavy atom. The molecule has 0 atom stereocenters. The van der Waals surface area contributed by atoms with Gasteiger partial charge >= 0.3 is 6.18 Å². The Hall–Kier alpha value is -0.890. The van der Waals surface area contributed by atoms with Crippen molar-refractivity contribution in [3.05, 3.63) is 38.9 Å². The Morgan fingerprint density at radius 3 is 2.09 bits per heavy atom. The molecular weight excluding hydrogens is 384 g/mol. The predicted octanol–water partition coefficient (Wildman–Crippen LogP) is 5.06. The molecule has 128 valence electrons. The number of hydrogen-bond acceptors (Lipinski definition) is 3. The summed E-state index contributed by atoms with van der Waals surface area (Å²) in [4.78, 5) is 0.894. The SMILES string of the molecule is F/C(=C(\Oc1cc(Cl)c(Cl)c(Cl)c1)C(F)(F)F)N1CCOCC1. The van der Waals surface area contributed by atoms with Crippen LogP contribution in [0.3, 0.4) is 0 Å². The number of halogens is 7. The highest BCUT2D eigenvalue weighted by atomic mass is 35.5. The van der Waals surface area contributed by atoms with E-state index in [2.05, 4.69) is 4.74 Å². The Balaban J connectivity index is 2.36. The fourth-order valence-electron chi connectivity index (χ4n) is 1.83. The summed E-state index contributed by atoms with van der Waals surface area (Å²) in [5.74, 6) is -3.68. The summed E-state index contributed by atoms with van der Waals surface area (Å²) in [6.07, 6.45) is -5.04. The van der Waals surface area contributed by atoms with Crippen LogP contribution >= 0.6 is 34.8 Å². The van der Waals surface area contributed by atoms with Crippen molar-refractivity contribution in [3.63, 3.8) is 0 Å². The molecule has 1 aliphatic rings. The molecule has 0 amide bonds. The molecule has 10 heteroatoms. The quantitative estimate of drug-likeness (QED) is 0.310. The molecule has 1 fully saturated rings. The van der Waals surface area contributed by atoms with Crippen LogP contribution in [0, 0.1) is 0 Å². The van der Waals surface area contributed by atoms with E-state index in [1.807, 2.05) is 0 Å². The van der Waals surface area contributed by atoms with Crippen LogP contribution in [-0.2, 0) is 4.74 Å². The fraction of sp³-hybridized carbons (Fsp3) is 0.385. The van der Waals surface area contributed by atoms with E-state index in [4.69, 9.17) is 39.5 Å². The van der Waals surface area contributed by atoms with Crippen molar-refractivity contribution in [1.82, 2.24) is 4.90 Å². The second-order valence-electron chi connectivity index (χ2n) is 4.52. The topological polar surface area (TPSA) is 21.7 Å². The third-order valence-corrected chi connectivity index (χ3v) is 4.11. The Morgan fingerprint density at radius 1 is 1.09 bits per heavy atom. The average Bonchev–Trinajstić information content (AvgIpc) is 2.49. The lowest BCUT2D eigenvalue weighted by Crippen LogP contribution is -2.37. The van der Waals surface area contributed by atoms with Gasteiger partial charge in [0.2, 0.25) is 5.95 Å². The molecule has 1 saturated heterocycles. The molecule has 0 unspecified atom stereocenters. The van der Waals surface area contributed by atoms with E-state index in [1.54, 1.807) is 0 Å². The van der Waals surface area contributed by atoms with Gasteiger partial charge in [-0.05, 0) is 0 Å². The zero-order chi connectivity index (χ0) is 17.2. The zero-order valence-corrected chi connectivity index (χ0v) is 13.7.